The van der Waals surface area contributed by atoms with Crippen LogP contribution in [0.5, 0.6) is 0 Å². The number of esters is 1. The Morgan fingerprint density at radius 3 is 2.07 bits per heavy atom. The van der Waals surface area contributed by atoms with Crippen LogP contribution < -0.4 is 10.6 Å². The predicted octanol–water partition coefficient (Wildman–Crippen LogP) is 3.44. The lowest BCUT2D eigenvalue weighted by Gasteiger charge is -2.22. The fourth-order valence-electron chi connectivity index (χ4n) is 2.62. The van der Waals surface area contributed by atoms with Crippen molar-refractivity contribution >= 4 is 17.8 Å². The average molecular weight is 405 g/mol. The fraction of sp³-hybridized carbons (Fsp3) is 0.609. The number of carbonyl (C=O) groups excluding carboxylic acids is 3. The Morgan fingerprint density at radius 1 is 1.00 bits per heavy atom. The summed E-state index contributed by atoms with van der Waals surface area (Å²) in [7, 11) is 0. The highest BCUT2D eigenvalue weighted by molar-refractivity contribution is 5.97. The second-order valence-electron chi connectivity index (χ2n) is 9.16. The van der Waals surface area contributed by atoms with E-state index in [4.69, 9.17) is 4.74 Å². The standard InChI is InChI=1S/C23H36N2O4/c1-15(2)12-13-24-19(26)14-29-22(28)20(16(3)4)25-21(27)17-8-10-18(11-9-17)23(5,6)7/h8-11,15-16,20H,12-14H2,1-7H3,(H,24,26)(H,25,27)/t20-/m0/s1. The number of nitrogens with one attached hydrogen (secondary N) is 2. The van der Waals surface area contributed by atoms with Crippen LogP contribution >= 0.6 is 0 Å². The second kappa shape index (κ2) is 11.0. The summed E-state index contributed by atoms with van der Waals surface area (Å²) >= 11 is 0. The lowest BCUT2D eigenvalue weighted by molar-refractivity contribution is -0.151. The highest BCUT2D eigenvalue weighted by atomic mass is 16.5. The van der Waals surface area contributed by atoms with Gasteiger partial charge >= 0.3 is 5.97 Å². The van der Waals surface area contributed by atoms with Gasteiger partial charge in [0.05, 0.1) is 0 Å². The molecule has 0 aliphatic rings. The van der Waals surface area contributed by atoms with E-state index in [0.717, 1.165) is 12.0 Å². The topological polar surface area (TPSA) is 84.5 Å². The van der Waals surface area contributed by atoms with E-state index in [1.165, 1.54) is 0 Å². The molecular formula is C23H36N2O4. The van der Waals surface area contributed by atoms with Crippen molar-refractivity contribution in [3.05, 3.63) is 35.4 Å². The Labute approximate surface area is 174 Å². The number of amides is 2. The first-order chi connectivity index (χ1) is 13.4. The van der Waals surface area contributed by atoms with Gasteiger partial charge in [0.25, 0.3) is 11.8 Å². The maximum atomic E-state index is 12.6. The molecule has 0 saturated carbocycles. The number of ether oxygens (including phenoxy) is 1. The summed E-state index contributed by atoms with van der Waals surface area (Å²) in [6, 6.07) is 6.51. The van der Waals surface area contributed by atoms with Crippen LogP contribution in [0, 0.1) is 11.8 Å². The van der Waals surface area contributed by atoms with Crippen LogP contribution in [0.2, 0.25) is 0 Å². The number of hydrogen-bond donors (Lipinski definition) is 2. The maximum absolute atomic E-state index is 12.6. The van der Waals surface area contributed by atoms with E-state index in [0.29, 0.717) is 18.0 Å². The van der Waals surface area contributed by atoms with Crippen molar-refractivity contribution in [2.24, 2.45) is 11.8 Å². The normalized spacial score (nSPS) is 12.6. The van der Waals surface area contributed by atoms with Gasteiger partial charge in [-0.1, -0.05) is 60.6 Å². The molecule has 1 aromatic rings. The van der Waals surface area contributed by atoms with Crippen molar-refractivity contribution < 1.29 is 19.1 Å². The lowest BCUT2D eigenvalue weighted by atomic mass is 9.86. The minimum atomic E-state index is -0.826. The average Bonchev–Trinajstić information content (AvgIpc) is 2.62. The Kier molecular flexibility index (Phi) is 9.34. The van der Waals surface area contributed by atoms with Crippen LogP contribution in [0.4, 0.5) is 0 Å². The number of carbonyl (C=O) groups is 3. The van der Waals surface area contributed by atoms with E-state index >= 15 is 0 Å². The molecule has 29 heavy (non-hydrogen) atoms. The molecule has 0 aliphatic heterocycles. The van der Waals surface area contributed by atoms with Crippen LogP contribution in [0.1, 0.15) is 70.8 Å². The van der Waals surface area contributed by atoms with E-state index in [9.17, 15) is 14.4 Å². The summed E-state index contributed by atoms with van der Waals surface area (Å²) in [6.07, 6.45) is 0.859. The van der Waals surface area contributed by atoms with E-state index in [-0.39, 0.29) is 29.8 Å². The first-order valence-electron chi connectivity index (χ1n) is 10.3. The quantitative estimate of drug-likeness (QED) is 0.618. The molecule has 0 radical (unpaired) electrons. The zero-order chi connectivity index (χ0) is 22.2. The van der Waals surface area contributed by atoms with Crippen LogP contribution in [-0.2, 0) is 19.7 Å². The third-order valence-electron chi connectivity index (χ3n) is 4.61. The molecule has 0 spiro atoms. The van der Waals surface area contributed by atoms with E-state index in [1.807, 2.05) is 26.0 Å². The summed E-state index contributed by atoms with van der Waals surface area (Å²) in [5, 5.41) is 5.45. The summed E-state index contributed by atoms with van der Waals surface area (Å²) in [5.74, 6) is -0.994. The van der Waals surface area contributed by atoms with Gasteiger partial charge in [0.1, 0.15) is 6.04 Å². The summed E-state index contributed by atoms with van der Waals surface area (Å²) < 4.78 is 5.12. The van der Waals surface area contributed by atoms with Crippen molar-refractivity contribution in [3.8, 4) is 0 Å². The van der Waals surface area contributed by atoms with Gasteiger partial charge in [-0.3, -0.25) is 9.59 Å². The van der Waals surface area contributed by atoms with Gasteiger partial charge in [-0.05, 0) is 41.4 Å². The van der Waals surface area contributed by atoms with Crippen LogP contribution in [0.15, 0.2) is 24.3 Å². The van der Waals surface area contributed by atoms with Crippen molar-refractivity contribution in [3.63, 3.8) is 0 Å². The third-order valence-corrected chi connectivity index (χ3v) is 4.61. The molecule has 0 aliphatic carbocycles. The zero-order valence-electron chi connectivity index (χ0n) is 18.8. The van der Waals surface area contributed by atoms with Crippen LogP contribution in [0.25, 0.3) is 0 Å². The van der Waals surface area contributed by atoms with Crippen molar-refractivity contribution in [1.29, 1.82) is 0 Å². The van der Waals surface area contributed by atoms with Crippen LogP contribution in [0.3, 0.4) is 0 Å². The SMILES string of the molecule is CC(C)CCNC(=O)COC(=O)[C@@H](NC(=O)c1ccc(C(C)(C)C)cc1)C(C)C. The lowest BCUT2D eigenvalue weighted by Crippen LogP contribution is -2.46. The van der Waals surface area contributed by atoms with Crippen molar-refractivity contribution in [2.45, 2.75) is 66.3 Å². The molecule has 6 heteroatoms. The number of rotatable bonds is 9. The van der Waals surface area contributed by atoms with E-state index in [2.05, 4.69) is 45.3 Å². The second-order valence-corrected chi connectivity index (χ2v) is 9.16. The van der Waals surface area contributed by atoms with E-state index < -0.39 is 12.0 Å². The molecule has 0 heterocycles. The highest BCUT2D eigenvalue weighted by Crippen LogP contribution is 2.22. The molecule has 6 nitrogen and oxygen atoms in total. The summed E-state index contributed by atoms with van der Waals surface area (Å²) in [4.78, 5) is 36.8. The largest absolute Gasteiger partial charge is 0.454 e. The first-order valence-corrected chi connectivity index (χ1v) is 10.3. The first kappa shape index (κ1) is 24.7. The molecule has 2 N–H and O–H groups in total. The van der Waals surface area contributed by atoms with Gasteiger partial charge in [0, 0.05) is 12.1 Å². The molecule has 0 unspecified atom stereocenters. The molecule has 0 fully saturated rings. The van der Waals surface area contributed by atoms with Crippen molar-refractivity contribution in [2.75, 3.05) is 13.2 Å². The number of hydrogen-bond acceptors (Lipinski definition) is 4. The minimum Gasteiger partial charge on any atom is -0.454 e. The molecule has 1 aromatic carbocycles. The highest BCUT2D eigenvalue weighted by Gasteiger charge is 2.27. The maximum Gasteiger partial charge on any atom is 0.329 e. The molecule has 0 saturated heterocycles. The summed E-state index contributed by atoms with van der Waals surface area (Å²) in [6.45, 7) is 14.3. The Hall–Kier alpha value is -2.37. The van der Waals surface area contributed by atoms with Gasteiger partial charge in [-0.2, -0.15) is 0 Å². The monoisotopic (exact) mass is 404 g/mol. The Balaban J connectivity index is 2.64. The van der Waals surface area contributed by atoms with Gasteiger partial charge in [0.2, 0.25) is 0 Å². The predicted molar refractivity (Wildman–Crippen MR) is 115 cm³/mol. The molecule has 2 amide bonds. The molecule has 162 valence electrons. The molecular weight excluding hydrogens is 368 g/mol. The molecule has 1 atom stereocenters. The molecule has 0 bridgehead atoms. The van der Waals surface area contributed by atoms with Gasteiger partial charge in [0.15, 0.2) is 6.61 Å². The smallest absolute Gasteiger partial charge is 0.329 e. The van der Waals surface area contributed by atoms with Crippen LogP contribution in [-0.4, -0.2) is 37.0 Å². The minimum absolute atomic E-state index is 0.00494. The Bertz CT molecular complexity index is 688. The third kappa shape index (κ3) is 8.67. The molecule has 0 aromatic heterocycles. The van der Waals surface area contributed by atoms with Gasteiger partial charge in [-0.25, -0.2) is 4.79 Å². The number of benzene rings is 1. The Morgan fingerprint density at radius 2 is 1.59 bits per heavy atom. The van der Waals surface area contributed by atoms with Gasteiger partial charge in [-0.15, -0.1) is 0 Å². The fourth-order valence-corrected chi connectivity index (χ4v) is 2.62. The molecule has 1 rings (SSSR count). The van der Waals surface area contributed by atoms with E-state index in [1.54, 1.807) is 12.1 Å². The van der Waals surface area contributed by atoms with Crippen molar-refractivity contribution in [1.82, 2.24) is 10.6 Å². The van der Waals surface area contributed by atoms with Gasteiger partial charge < -0.3 is 15.4 Å². The zero-order valence-corrected chi connectivity index (χ0v) is 18.8. The summed E-state index contributed by atoms with van der Waals surface area (Å²) in [5.41, 5.74) is 1.59.